The zero-order chi connectivity index (χ0) is 16.8. The number of benzene rings is 1. The number of aromatic nitrogens is 4. The highest BCUT2D eigenvalue weighted by Gasteiger charge is 2.19. The lowest BCUT2D eigenvalue weighted by Gasteiger charge is -2.35. The Morgan fingerprint density at radius 2 is 1.79 bits per heavy atom. The fraction of sp³-hybridized carbons (Fsp3) is 0.562. The van der Waals surface area contributed by atoms with Crippen LogP contribution in [-0.4, -0.2) is 72.1 Å². The molecule has 1 saturated heterocycles. The molecule has 1 aliphatic heterocycles. The van der Waals surface area contributed by atoms with Crippen molar-refractivity contribution in [1.29, 1.82) is 0 Å². The van der Waals surface area contributed by atoms with Crippen LogP contribution >= 0.6 is 0 Å². The normalized spacial score (nSPS) is 15.7. The predicted molar refractivity (Wildman–Crippen MR) is 90.2 cm³/mol. The van der Waals surface area contributed by atoms with Crippen molar-refractivity contribution in [2.24, 2.45) is 0 Å². The zero-order valence-corrected chi connectivity index (χ0v) is 14.3. The van der Waals surface area contributed by atoms with E-state index in [1.54, 1.807) is 14.2 Å². The van der Waals surface area contributed by atoms with Gasteiger partial charge in [-0.15, -0.1) is 5.10 Å². The highest BCUT2D eigenvalue weighted by molar-refractivity contribution is 5.49. The first kappa shape index (κ1) is 16.7. The van der Waals surface area contributed by atoms with Gasteiger partial charge in [0.15, 0.2) is 5.82 Å². The predicted octanol–water partition coefficient (Wildman–Crippen LogP) is 0.650. The molecule has 0 saturated carbocycles. The van der Waals surface area contributed by atoms with Crippen molar-refractivity contribution in [3.8, 4) is 5.75 Å². The first-order valence-electron chi connectivity index (χ1n) is 8.15. The van der Waals surface area contributed by atoms with Crippen LogP contribution in [0.1, 0.15) is 5.82 Å². The number of piperazine rings is 1. The summed E-state index contributed by atoms with van der Waals surface area (Å²) in [5.74, 6) is 1.78. The number of methoxy groups -OCH3 is 2. The van der Waals surface area contributed by atoms with Crippen molar-refractivity contribution in [3.63, 3.8) is 0 Å². The highest BCUT2D eigenvalue weighted by Crippen LogP contribution is 2.20. The molecule has 8 nitrogen and oxygen atoms in total. The molecular weight excluding hydrogens is 308 g/mol. The Morgan fingerprint density at radius 3 is 2.46 bits per heavy atom. The maximum atomic E-state index is 5.21. The molecule has 1 aliphatic rings. The standard InChI is InChI=1S/C16H24N6O2/c1-23-12-11-22-16(17-18-19-22)13-20-7-9-21(10-8-20)14-3-5-15(24-2)6-4-14/h3-6H,7-13H2,1-2H3. The monoisotopic (exact) mass is 332 g/mol. The molecule has 0 bridgehead atoms. The van der Waals surface area contributed by atoms with Crippen LogP contribution in [0.3, 0.4) is 0 Å². The van der Waals surface area contributed by atoms with Crippen molar-refractivity contribution in [1.82, 2.24) is 25.1 Å². The van der Waals surface area contributed by atoms with Crippen molar-refractivity contribution >= 4 is 5.69 Å². The van der Waals surface area contributed by atoms with Crippen LogP contribution in [0, 0.1) is 0 Å². The fourth-order valence-corrected chi connectivity index (χ4v) is 2.85. The van der Waals surface area contributed by atoms with E-state index in [1.165, 1.54) is 5.69 Å². The largest absolute Gasteiger partial charge is 0.497 e. The van der Waals surface area contributed by atoms with Crippen LogP contribution in [0.4, 0.5) is 5.69 Å². The molecule has 0 amide bonds. The molecule has 1 aromatic heterocycles. The van der Waals surface area contributed by atoms with E-state index in [0.29, 0.717) is 13.2 Å². The Bertz CT molecular complexity index is 622. The Balaban J connectivity index is 1.52. The minimum atomic E-state index is 0.614. The van der Waals surface area contributed by atoms with Gasteiger partial charge in [-0.2, -0.15) is 0 Å². The Labute approximate surface area is 141 Å². The van der Waals surface area contributed by atoms with Gasteiger partial charge in [0.05, 0.1) is 26.8 Å². The average Bonchev–Trinajstić information content (AvgIpc) is 3.07. The summed E-state index contributed by atoms with van der Waals surface area (Å²) in [6, 6.07) is 8.23. The fourth-order valence-electron chi connectivity index (χ4n) is 2.85. The molecule has 3 rings (SSSR count). The van der Waals surface area contributed by atoms with Gasteiger partial charge in [0.25, 0.3) is 0 Å². The molecular formula is C16H24N6O2. The Kier molecular flexibility index (Phi) is 5.60. The molecule has 0 N–H and O–H groups in total. The number of hydrogen-bond acceptors (Lipinski definition) is 7. The minimum absolute atomic E-state index is 0.614. The summed E-state index contributed by atoms with van der Waals surface area (Å²) in [7, 11) is 3.37. The van der Waals surface area contributed by atoms with Crippen LogP contribution in [-0.2, 0) is 17.8 Å². The van der Waals surface area contributed by atoms with Crippen LogP contribution in [0.25, 0.3) is 0 Å². The van der Waals surface area contributed by atoms with Gasteiger partial charge in [0.2, 0.25) is 0 Å². The van der Waals surface area contributed by atoms with E-state index in [4.69, 9.17) is 9.47 Å². The molecule has 2 aromatic rings. The topological polar surface area (TPSA) is 68.5 Å². The van der Waals surface area contributed by atoms with E-state index < -0.39 is 0 Å². The second kappa shape index (κ2) is 8.07. The van der Waals surface area contributed by atoms with Crippen molar-refractivity contribution in [2.45, 2.75) is 13.1 Å². The van der Waals surface area contributed by atoms with Gasteiger partial charge in [0, 0.05) is 39.0 Å². The number of ether oxygens (including phenoxy) is 2. The SMILES string of the molecule is COCCn1nnnc1CN1CCN(c2ccc(OC)cc2)CC1. The lowest BCUT2D eigenvalue weighted by atomic mass is 10.2. The lowest BCUT2D eigenvalue weighted by molar-refractivity contribution is 0.178. The maximum Gasteiger partial charge on any atom is 0.165 e. The van der Waals surface area contributed by atoms with Gasteiger partial charge >= 0.3 is 0 Å². The summed E-state index contributed by atoms with van der Waals surface area (Å²) >= 11 is 0. The Hall–Kier alpha value is -2.19. The molecule has 1 aromatic carbocycles. The molecule has 130 valence electrons. The highest BCUT2D eigenvalue weighted by atomic mass is 16.5. The van der Waals surface area contributed by atoms with E-state index in [9.17, 15) is 0 Å². The maximum absolute atomic E-state index is 5.21. The van der Waals surface area contributed by atoms with Crippen molar-refractivity contribution in [2.75, 3.05) is 51.9 Å². The summed E-state index contributed by atoms with van der Waals surface area (Å²) in [6.45, 7) is 6.03. The summed E-state index contributed by atoms with van der Waals surface area (Å²) < 4.78 is 12.1. The van der Waals surface area contributed by atoms with Gasteiger partial charge in [-0.3, -0.25) is 4.90 Å². The molecule has 8 heteroatoms. The van der Waals surface area contributed by atoms with Crippen molar-refractivity contribution in [3.05, 3.63) is 30.1 Å². The third-order valence-electron chi connectivity index (χ3n) is 4.29. The van der Waals surface area contributed by atoms with Gasteiger partial charge in [-0.05, 0) is 34.7 Å². The summed E-state index contributed by atoms with van der Waals surface area (Å²) in [6.07, 6.45) is 0. The first-order valence-corrected chi connectivity index (χ1v) is 8.15. The second-order valence-electron chi connectivity index (χ2n) is 5.77. The van der Waals surface area contributed by atoms with Gasteiger partial charge < -0.3 is 14.4 Å². The van der Waals surface area contributed by atoms with Crippen LogP contribution < -0.4 is 9.64 Å². The van der Waals surface area contributed by atoms with Gasteiger partial charge in [0.1, 0.15) is 5.75 Å². The quantitative estimate of drug-likeness (QED) is 0.737. The molecule has 0 spiro atoms. The number of hydrogen-bond donors (Lipinski definition) is 0. The van der Waals surface area contributed by atoms with E-state index >= 15 is 0 Å². The summed E-state index contributed by atoms with van der Waals surface area (Å²) in [5.41, 5.74) is 1.24. The number of nitrogens with zero attached hydrogens (tertiary/aromatic N) is 6. The van der Waals surface area contributed by atoms with E-state index in [1.807, 2.05) is 16.8 Å². The van der Waals surface area contributed by atoms with Crippen LogP contribution in [0.15, 0.2) is 24.3 Å². The van der Waals surface area contributed by atoms with Gasteiger partial charge in [-0.25, -0.2) is 4.68 Å². The second-order valence-corrected chi connectivity index (χ2v) is 5.77. The van der Waals surface area contributed by atoms with Gasteiger partial charge in [-0.1, -0.05) is 0 Å². The number of anilines is 1. The van der Waals surface area contributed by atoms with E-state index in [-0.39, 0.29) is 0 Å². The Morgan fingerprint density at radius 1 is 1.04 bits per heavy atom. The lowest BCUT2D eigenvalue weighted by Crippen LogP contribution is -2.46. The van der Waals surface area contributed by atoms with E-state index in [0.717, 1.165) is 44.3 Å². The molecule has 2 heterocycles. The smallest absolute Gasteiger partial charge is 0.165 e. The molecule has 0 radical (unpaired) electrons. The third-order valence-corrected chi connectivity index (χ3v) is 4.29. The van der Waals surface area contributed by atoms with E-state index in [2.05, 4.69) is 37.5 Å². The van der Waals surface area contributed by atoms with Crippen molar-refractivity contribution < 1.29 is 9.47 Å². The summed E-state index contributed by atoms with van der Waals surface area (Å²) in [5, 5.41) is 11.9. The third kappa shape index (κ3) is 4.01. The molecule has 1 fully saturated rings. The number of rotatable bonds is 7. The van der Waals surface area contributed by atoms with Crippen LogP contribution in [0.5, 0.6) is 5.75 Å². The molecule has 0 atom stereocenters. The van der Waals surface area contributed by atoms with Crippen LogP contribution in [0.2, 0.25) is 0 Å². The molecule has 0 unspecified atom stereocenters. The zero-order valence-electron chi connectivity index (χ0n) is 14.3. The average molecular weight is 332 g/mol. The molecule has 0 aliphatic carbocycles. The summed E-state index contributed by atoms with van der Waals surface area (Å²) in [4.78, 5) is 4.78. The molecule has 24 heavy (non-hydrogen) atoms. The minimum Gasteiger partial charge on any atom is -0.497 e. The number of tetrazole rings is 1. The first-order chi connectivity index (χ1) is 11.8.